The second-order valence-electron chi connectivity index (χ2n) is 4.99. The number of nitrogens with one attached hydrogen (secondary N) is 1. The largest absolute Gasteiger partial charge is 0.476 e. The van der Waals surface area contributed by atoms with Crippen LogP contribution in [-0.4, -0.2) is 40.2 Å². The summed E-state index contributed by atoms with van der Waals surface area (Å²) in [4.78, 5) is 15.8. The predicted octanol–water partition coefficient (Wildman–Crippen LogP) is 2.12. The van der Waals surface area contributed by atoms with Crippen LogP contribution in [0.4, 0.5) is 5.82 Å². The number of nitrogens with zero attached hydrogens (tertiary/aromatic N) is 2. The third kappa shape index (κ3) is 2.75. The quantitative estimate of drug-likeness (QED) is 0.845. The molecule has 0 spiro atoms. The zero-order valence-electron chi connectivity index (χ0n) is 11.8. The van der Waals surface area contributed by atoms with Crippen LogP contribution >= 0.6 is 0 Å². The van der Waals surface area contributed by atoms with Gasteiger partial charge in [-0.05, 0) is 18.1 Å². The first kappa shape index (κ1) is 14.3. The fraction of sp³-hybridized carbons (Fsp3) is 0.429. The van der Waals surface area contributed by atoms with E-state index in [0.29, 0.717) is 24.0 Å². The van der Waals surface area contributed by atoms with E-state index in [-0.39, 0.29) is 11.7 Å². The van der Waals surface area contributed by atoms with Crippen molar-refractivity contribution >= 4 is 17.4 Å². The number of carboxylic acids is 1. The molecule has 0 amide bonds. The van der Waals surface area contributed by atoms with Crippen molar-refractivity contribution in [2.45, 2.75) is 19.9 Å². The minimum Gasteiger partial charge on any atom is -0.476 e. The number of anilines is 1. The number of carbonyl (C=O) groups is 1. The molecule has 0 saturated heterocycles. The normalized spacial score (nSPS) is 12.8. The summed E-state index contributed by atoms with van der Waals surface area (Å²) >= 11 is 0. The molecule has 0 aliphatic heterocycles. The van der Waals surface area contributed by atoms with E-state index in [4.69, 9.17) is 4.74 Å². The van der Waals surface area contributed by atoms with Crippen LogP contribution in [0.15, 0.2) is 24.4 Å². The average Bonchev–Trinajstić information content (AvgIpc) is 2.76. The highest BCUT2D eigenvalue weighted by Gasteiger charge is 2.22. The monoisotopic (exact) mass is 277 g/mol. The average molecular weight is 277 g/mol. The van der Waals surface area contributed by atoms with Gasteiger partial charge in [0.05, 0.1) is 12.6 Å². The summed E-state index contributed by atoms with van der Waals surface area (Å²) in [5.41, 5.74) is 0.745. The Morgan fingerprint density at radius 3 is 2.85 bits per heavy atom. The highest BCUT2D eigenvalue weighted by Crippen LogP contribution is 2.20. The van der Waals surface area contributed by atoms with Gasteiger partial charge in [-0.25, -0.2) is 9.78 Å². The van der Waals surface area contributed by atoms with Crippen molar-refractivity contribution in [3.63, 3.8) is 0 Å². The van der Waals surface area contributed by atoms with Crippen LogP contribution in [0.3, 0.4) is 0 Å². The van der Waals surface area contributed by atoms with Gasteiger partial charge in [-0.15, -0.1) is 0 Å². The van der Waals surface area contributed by atoms with E-state index in [1.165, 1.54) is 0 Å². The van der Waals surface area contributed by atoms with Crippen molar-refractivity contribution in [3.05, 3.63) is 30.1 Å². The molecule has 2 aromatic heterocycles. The number of pyridine rings is 1. The highest BCUT2D eigenvalue weighted by molar-refractivity contribution is 5.93. The maximum absolute atomic E-state index is 11.5. The molecule has 2 heterocycles. The van der Waals surface area contributed by atoms with Crippen molar-refractivity contribution in [2.75, 3.05) is 19.0 Å². The minimum absolute atomic E-state index is 0.00279. The standard InChI is InChI=1S/C14H19N3O3/c1-9(2)10(8-20-3)15-13-12(14(18)19)17-7-5-4-6-11(17)16-13/h4-7,9-10,15H,8H2,1-3H3,(H,18,19). The number of aromatic carboxylic acids is 1. The van der Waals surface area contributed by atoms with Gasteiger partial charge in [-0.1, -0.05) is 19.9 Å². The predicted molar refractivity (Wildman–Crippen MR) is 76.3 cm³/mol. The number of ether oxygens (including phenoxy) is 1. The topological polar surface area (TPSA) is 75.9 Å². The van der Waals surface area contributed by atoms with Crippen molar-refractivity contribution in [1.82, 2.24) is 9.38 Å². The van der Waals surface area contributed by atoms with E-state index in [1.54, 1.807) is 29.8 Å². The summed E-state index contributed by atoms with van der Waals surface area (Å²) in [6.45, 7) is 4.59. The Balaban J connectivity index is 2.42. The molecular formula is C14H19N3O3. The van der Waals surface area contributed by atoms with Crippen LogP contribution < -0.4 is 5.32 Å². The summed E-state index contributed by atoms with van der Waals surface area (Å²) in [5, 5.41) is 12.6. The number of aromatic nitrogens is 2. The van der Waals surface area contributed by atoms with Crippen molar-refractivity contribution in [2.24, 2.45) is 5.92 Å². The number of rotatable bonds is 6. The van der Waals surface area contributed by atoms with Crippen LogP contribution in [0.1, 0.15) is 24.3 Å². The molecule has 2 rings (SSSR count). The first-order valence-electron chi connectivity index (χ1n) is 6.50. The first-order chi connectivity index (χ1) is 9.54. The summed E-state index contributed by atoms with van der Waals surface area (Å²) in [6.07, 6.45) is 1.69. The van der Waals surface area contributed by atoms with Crippen molar-refractivity contribution < 1.29 is 14.6 Å². The molecule has 0 aromatic carbocycles. The van der Waals surface area contributed by atoms with Crippen LogP contribution in [0, 0.1) is 5.92 Å². The Hall–Kier alpha value is -2.08. The number of carboxylic acid groups (broad SMARTS) is 1. The molecule has 108 valence electrons. The zero-order valence-corrected chi connectivity index (χ0v) is 11.8. The molecule has 2 N–H and O–H groups in total. The lowest BCUT2D eigenvalue weighted by atomic mass is 10.1. The molecule has 20 heavy (non-hydrogen) atoms. The number of imidazole rings is 1. The second kappa shape index (κ2) is 5.92. The van der Waals surface area contributed by atoms with Crippen LogP contribution in [0.2, 0.25) is 0 Å². The summed E-state index contributed by atoms with van der Waals surface area (Å²) in [5.74, 6) is -0.341. The molecule has 0 radical (unpaired) electrons. The van der Waals surface area contributed by atoms with Gasteiger partial charge >= 0.3 is 5.97 Å². The van der Waals surface area contributed by atoms with E-state index in [0.717, 1.165) is 0 Å². The Morgan fingerprint density at radius 2 is 2.25 bits per heavy atom. The van der Waals surface area contributed by atoms with E-state index in [2.05, 4.69) is 10.3 Å². The Bertz CT molecular complexity index is 607. The Kier molecular flexibility index (Phi) is 4.24. The van der Waals surface area contributed by atoms with E-state index in [1.807, 2.05) is 19.9 Å². The molecule has 0 aliphatic rings. The smallest absolute Gasteiger partial charge is 0.356 e. The SMILES string of the molecule is COCC(Nc1nc2ccccn2c1C(=O)O)C(C)C. The van der Waals surface area contributed by atoms with Gasteiger partial charge < -0.3 is 15.2 Å². The molecule has 0 fully saturated rings. The number of hydrogen-bond acceptors (Lipinski definition) is 4. The number of hydrogen-bond donors (Lipinski definition) is 2. The third-order valence-corrected chi connectivity index (χ3v) is 3.21. The zero-order chi connectivity index (χ0) is 14.7. The second-order valence-corrected chi connectivity index (χ2v) is 4.99. The summed E-state index contributed by atoms with van der Waals surface area (Å²) in [6, 6.07) is 5.38. The lowest BCUT2D eigenvalue weighted by Gasteiger charge is -2.21. The lowest BCUT2D eigenvalue weighted by Crippen LogP contribution is -2.31. The van der Waals surface area contributed by atoms with Crippen molar-refractivity contribution in [1.29, 1.82) is 0 Å². The Labute approximate surface area is 117 Å². The van der Waals surface area contributed by atoms with E-state index >= 15 is 0 Å². The maximum Gasteiger partial charge on any atom is 0.356 e. The van der Waals surface area contributed by atoms with Crippen LogP contribution in [0.5, 0.6) is 0 Å². The van der Waals surface area contributed by atoms with Gasteiger partial charge in [0.25, 0.3) is 0 Å². The van der Waals surface area contributed by atoms with Gasteiger partial charge in [0.15, 0.2) is 11.5 Å². The van der Waals surface area contributed by atoms with Crippen LogP contribution in [-0.2, 0) is 4.74 Å². The molecule has 0 bridgehead atoms. The molecule has 1 unspecified atom stereocenters. The molecule has 0 saturated carbocycles. The molecular weight excluding hydrogens is 258 g/mol. The van der Waals surface area contributed by atoms with Gasteiger partial charge in [0.2, 0.25) is 0 Å². The molecule has 6 heteroatoms. The lowest BCUT2D eigenvalue weighted by molar-refractivity contribution is 0.0690. The summed E-state index contributed by atoms with van der Waals surface area (Å²) in [7, 11) is 1.62. The molecule has 1 atom stereocenters. The first-order valence-corrected chi connectivity index (χ1v) is 6.50. The van der Waals surface area contributed by atoms with E-state index in [9.17, 15) is 9.90 Å². The van der Waals surface area contributed by atoms with Gasteiger partial charge in [0, 0.05) is 13.3 Å². The maximum atomic E-state index is 11.5. The van der Waals surface area contributed by atoms with Gasteiger partial charge in [-0.3, -0.25) is 4.40 Å². The molecule has 2 aromatic rings. The minimum atomic E-state index is -1.01. The molecule has 6 nitrogen and oxygen atoms in total. The highest BCUT2D eigenvalue weighted by atomic mass is 16.5. The van der Waals surface area contributed by atoms with Gasteiger partial charge in [-0.2, -0.15) is 0 Å². The van der Waals surface area contributed by atoms with Gasteiger partial charge in [0.1, 0.15) is 5.65 Å². The number of methoxy groups -OCH3 is 1. The Morgan fingerprint density at radius 1 is 1.50 bits per heavy atom. The molecule has 0 aliphatic carbocycles. The third-order valence-electron chi connectivity index (χ3n) is 3.21. The van der Waals surface area contributed by atoms with E-state index < -0.39 is 5.97 Å². The fourth-order valence-corrected chi connectivity index (χ4v) is 2.06. The number of fused-ring (bicyclic) bond motifs is 1. The van der Waals surface area contributed by atoms with Crippen LogP contribution in [0.25, 0.3) is 5.65 Å². The summed E-state index contributed by atoms with van der Waals surface area (Å²) < 4.78 is 6.73. The van der Waals surface area contributed by atoms with Crippen molar-refractivity contribution in [3.8, 4) is 0 Å². The fourth-order valence-electron chi connectivity index (χ4n) is 2.06.